The van der Waals surface area contributed by atoms with Crippen LogP contribution in [0.5, 0.6) is 11.5 Å². The second-order valence-electron chi connectivity index (χ2n) is 7.02. The summed E-state index contributed by atoms with van der Waals surface area (Å²) in [5.74, 6) is -0.359. The number of benzene rings is 1. The van der Waals surface area contributed by atoms with Gasteiger partial charge in [-0.15, -0.1) is 8.78 Å². The van der Waals surface area contributed by atoms with Crippen molar-refractivity contribution in [1.82, 2.24) is 0 Å². The second-order valence-corrected chi connectivity index (χ2v) is 7.02. The summed E-state index contributed by atoms with van der Waals surface area (Å²) < 4.78 is 41.2. The summed E-state index contributed by atoms with van der Waals surface area (Å²) in [6, 6.07) is 2.00. The fourth-order valence-corrected chi connectivity index (χ4v) is 2.91. The number of carbonyl (C=O) groups excluding carboxylic acids is 1. The summed E-state index contributed by atoms with van der Waals surface area (Å²) in [7, 11) is 0. The van der Waals surface area contributed by atoms with E-state index in [9.17, 15) is 13.6 Å². The SMILES string of the molecule is CC(C)(C)OC(=O)N1CCC[C@H](N=[N+]=[N-])c2cc3c(cc21)OC(F)(F)O3. The molecule has 10 heteroatoms. The van der Waals surface area contributed by atoms with Crippen molar-refractivity contribution in [3.8, 4) is 11.5 Å². The molecule has 1 amide bonds. The molecule has 0 bridgehead atoms. The van der Waals surface area contributed by atoms with E-state index >= 15 is 0 Å². The van der Waals surface area contributed by atoms with E-state index in [1.54, 1.807) is 20.8 Å². The molecule has 0 aliphatic carbocycles. The standard InChI is InChI=1S/C16H18F2N4O4/c1-15(2,3)26-14(23)22-6-4-5-10(20-21-19)9-7-12-13(8-11(9)22)25-16(17,18)24-12/h7-8,10H,4-6H2,1-3H3/t10-/m0/s1. The molecule has 0 saturated carbocycles. The van der Waals surface area contributed by atoms with Gasteiger partial charge >= 0.3 is 12.4 Å². The van der Waals surface area contributed by atoms with Crippen LogP contribution in [0.2, 0.25) is 0 Å². The van der Waals surface area contributed by atoms with E-state index in [0.29, 0.717) is 24.1 Å². The first kappa shape index (κ1) is 18.1. The number of ether oxygens (including phenoxy) is 3. The van der Waals surface area contributed by atoms with Crippen LogP contribution in [0, 0.1) is 0 Å². The lowest BCUT2D eigenvalue weighted by Gasteiger charge is -2.27. The van der Waals surface area contributed by atoms with Gasteiger partial charge in [0.1, 0.15) is 5.60 Å². The van der Waals surface area contributed by atoms with Crippen LogP contribution in [0.4, 0.5) is 19.3 Å². The van der Waals surface area contributed by atoms with Crippen molar-refractivity contribution in [2.75, 3.05) is 11.4 Å². The molecule has 2 aliphatic rings. The molecule has 8 nitrogen and oxygen atoms in total. The van der Waals surface area contributed by atoms with Crippen molar-refractivity contribution in [2.45, 2.75) is 51.6 Å². The maximum atomic E-state index is 13.4. The smallest absolute Gasteiger partial charge is 0.443 e. The maximum absolute atomic E-state index is 13.4. The molecule has 0 aromatic heterocycles. The third-order valence-electron chi connectivity index (χ3n) is 3.86. The monoisotopic (exact) mass is 368 g/mol. The van der Waals surface area contributed by atoms with Crippen LogP contribution < -0.4 is 14.4 Å². The molecule has 2 heterocycles. The molecule has 0 fully saturated rings. The number of carbonyl (C=O) groups is 1. The Hall–Kier alpha value is -2.74. The summed E-state index contributed by atoms with van der Waals surface area (Å²) in [6.07, 6.45) is -3.41. The number of hydrogen-bond donors (Lipinski definition) is 0. The van der Waals surface area contributed by atoms with Crippen molar-refractivity contribution in [2.24, 2.45) is 5.11 Å². The Morgan fingerprint density at radius 2 is 2.04 bits per heavy atom. The minimum Gasteiger partial charge on any atom is -0.443 e. The van der Waals surface area contributed by atoms with Gasteiger partial charge in [0.25, 0.3) is 0 Å². The molecule has 1 aromatic carbocycles. The summed E-state index contributed by atoms with van der Waals surface area (Å²) in [5.41, 5.74) is 8.80. The lowest BCUT2D eigenvalue weighted by atomic mass is 10.0. The van der Waals surface area contributed by atoms with Gasteiger partial charge in [-0.1, -0.05) is 5.11 Å². The summed E-state index contributed by atoms with van der Waals surface area (Å²) in [4.78, 5) is 16.8. The van der Waals surface area contributed by atoms with Gasteiger partial charge in [-0.3, -0.25) is 4.90 Å². The van der Waals surface area contributed by atoms with Crippen molar-refractivity contribution in [3.05, 3.63) is 28.1 Å². The van der Waals surface area contributed by atoms with Crippen LogP contribution in [0.15, 0.2) is 17.2 Å². The third-order valence-corrected chi connectivity index (χ3v) is 3.86. The van der Waals surface area contributed by atoms with E-state index in [2.05, 4.69) is 19.5 Å². The normalized spacial score (nSPS) is 20.7. The number of rotatable bonds is 1. The zero-order chi connectivity index (χ0) is 19.1. The Kier molecular flexibility index (Phi) is 4.31. The number of hydrogen-bond acceptors (Lipinski definition) is 5. The van der Waals surface area contributed by atoms with Gasteiger partial charge in [0.05, 0.1) is 11.7 Å². The Labute approximate surface area is 148 Å². The topological polar surface area (TPSA) is 96.8 Å². The first-order chi connectivity index (χ1) is 12.1. The molecule has 26 heavy (non-hydrogen) atoms. The van der Waals surface area contributed by atoms with Crippen LogP contribution in [-0.2, 0) is 4.74 Å². The predicted octanol–water partition coefficient (Wildman–Crippen LogP) is 4.89. The van der Waals surface area contributed by atoms with Crippen LogP contribution in [0.25, 0.3) is 10.4 Å². The molecular formula is C16H18F2N4O4. The summed E-state index contributed by atoms with van der Waals surface area (Å²) >= 11 is 0. The molecule has 0 spiro atoms. The number of amides is 1. The van der Waals surface area contributed by atoms with Gasteiger partial charge in [-0.25, -0.2) is 4.79 Å². The Morgan fingerprint density at radius 1 is 1.38 bits per heavy atom. The predicted molar refractivity (Wildman–Crippen MR) is 87.3 cm³/mol. The van der Waals surface area contributed by atoms with Crippen molar-refractivity contribution < 1.29 is 27.8 Å². The number of fused-ring (bicyclic) bond motifs is 2. The second kappa shape index (κ2) is 6.21. The van der Waals surface area contributed by atoms with E-state index in [1.165, 1.54) is 17.0 Å². The lowest BCUT2D eigenvalue weighted by molar-refractivity contribution is -0.286. The van der Waals surface area contributed by atoms with Gasteiger partial charge in [0.2, 0.25) is 0 Å². The first-order valence-corrected chi connectivity index (χ1v) is 8.08. The zero-order valence-corrected chi connectivity index (χ0v) is 14.5. The average Bonchev–Trinajstić information content (AvgIpc) is 2.69. The molecule has 1 atom stereocenters. The van der Waals surface area contributed by atoms with E-state index < -0.39 is 24.0 Å². The van der Waals surface area contributed by atoms with Crippen LogP contribution in [-0.4, -0.2) is 24.5 Å². The molecule has 140 valence electrons. The van der Waals surface area contributed by atoms with Gasteiger partial charge in [0, 0.05) is 17.5 Å². The molecule has 0 radical (unpaired) electrons. The highest BCUT2D eigenvalue weighted by Gasteiger charge is 2.45. The fraction of sp³-hybridized carbons (Fsp3) is 0.562. The summed E-state index contributed by atoms with van der Waals surface area (Å²) in [6.45, 7) is 5.47. The molecule has 0 N–H and O–H groups in total. The lowest BCUT2D eigenvalue weighted by Crippen LogP contribution is -2.37. The van der Waals surface area contributed by atoms with E-state index in [0.717, 1.165) is 0 Å². The maximum Gasteiger partial charge on any atom is 0.586 e. The van der Waals surface area contributed by atoms with Crippen molar-refractivity contribution in [3.63, 3.8) is 0 Å². The minimum atomic E-state index is -3.78. The Balaban J connectivity index is 2.07. The highest BCUT2D eigenvalue weighted by molar-refractivity contribution is 5.90. The Bertz CT molecular complexity index is 787. The largest absolute Gasteiger partial charge is 0.586 e. The number of anilines is 1. The average molecular weight is 368 g/mol. The van der Waals surface area contributed by atoms with E-state index in [-0.39, 0.29) is 18.0 Å². The molecule has 0 unspecified atom stereocenters. The number of halogens is 2. The fourth-order valence-electron chi connectivity index (χ4n) is 2.91. The van der Waals surface area contributed by atoms with Crippen molar-refractivity contribution >= 4 is 11.8 Å². The van der Waals surface area contributed by atoms with Crippen LogP contribution in [0.1, 0.15) is 45.2 Å². The molecule has 0 saturated heterocycles. The molecule has 1 aromatic rings. The van der Waals surface area contributed by atoms with Gasteiger partial charge < -0.3 is 14.2 Å². The Morgan fingerprint density at radius 3 is 2.65 bits per heavy atom. The molecule has 2 aliphatic heterocycles. The van der Waals surface area contributed by atoms with Gasteiger partial charge in [-0.05, 0) is 50.8 Å². The third kappa shape index (κ3) is 3.60. The van der Waals surface area contributed by atoms with E-state index in [4.69, 9.17) is 10.3 Å². The number of alkyl halides is 2. The minimum absolute atomic E-state index is 0.169. The number of azide groups is 1. The first-order valence-electron chi connectivity index (χ1n) is 8.08. The summed E-state index contributed by atoms with van der Waals surface area (Å²) in [5, 5.41) is 3.73. The van der Waals surface area contributed by atoms with Crippen LogP contribution >= 0.6 is 0 Å². The van der Waals surface area contributed by atoms with E-state index in [1.807, 2.05) is 0 Å². The quantitative estimate of drug-likeness (QED) is 0.400. The zero-order valence-electron chi connectivity index (χ0n) is 14.5. The molecule has 3 rings (SSSR count). The van der Waals surface area contributed by atoms with Gasteiger partial charge in [0.15, 0.2) is 11.5 Å². The van der Waals surface area contributed by atoms with Gasteiger partial charge in [-0.2, -0.15) is 0 Å². The number of nitrogens with zero attached hydrogens (tertiary/aromatic N) is 4. The van der Waals surface area contributed by atoms with Crippen molar-refractivity contribution in [1.29, 1.82) is 0 Å². The molecular weight excluding hydrogens is 350 g/mol. The highest BCUT2D eigenvalue weighted by atomic mass is 19.3. The van der Waals surface area contributed by atoms with Crippen LogP contribution in [0.3, 0.4) is 0 Å². The highest BCUT2D eigenvalue weighted by Crippen LogP contribution is 2.48.